The maximum absolute atomic E-state index is 14.9. The van der Waals surface area contributed by atoms with Gasteiger partial charge in [-0.3, -0.25) is 9.20 Å². The quantitative estimate of drug-likeness (QED) is 0.815. The Morgan fingerprint density at radius 1 is 1.35 bits per heavy atom. The SMILES string of the molecule is Cc1c(N2CCNCC2)c(F)cn2c(=O)c(OC(=O)O)cc(C3CC3)c12. The molecule has 4 rings (SSSR count). The summed E-state index contributed by atoms with van der Waals surface area (Å²) in [6.07, 6.45) is 1.52. The first-order chi connectivity index (χ1) is 12.5. The Hall–Kier alpha value is -2.61. The van der Waals surface area contributed by atoms with Crippen LogP contribution in [-0.4, -0.2) is 41.8 Å². The number of piperazine rings is 1. The minimum absolute atomic E-state index is 0.238. The summed E-state index contributed by atoms with van der Waals surface area (Å²) < 4.78 is 20.7. The van der Waals surface area contributed by atoms with E-state index in [0.717, 1.165) is 37.7 Å². The van der Waals surface area contributed by atoms with E-state index in [0.29, 0.717) is 29.9 Å². The summed E-state index contributed by atoms with van der Waals surface area (Å²) in [5.74, 6) is -0.541. The highest BCUT2D eigenvalue weighted by atomic mass is 19.1. The molecule has 26 heavy (non-hydrogen) atoms. The minimum atomic E-state index is -1.56. The van der Waals surface area contributed by atoms with Crippen LogP contribution in [0.3, 0.4) is 0 Å². The lowest BCUT2D eigenvalue weighted by molar-refractivity contribution is 0.143. The molecule has 2 fully saturated rings. The number of rotatable bonds is 3. The average molecular weight is 361 g/mol. The number of pyridine rings is 2. The number of fused-ring (bicyclic) bond motifs is 1. The number of halogens is 1. The predicted molar refractivity (Wildman–Crippen MR) is 94.1 cm³/mol. The minimum Gasteiger partial charge on any atom is -0.449 e. The van der Waals surface area contributed by atoms with Gasteiger partial charge in [-0.2, -0.15) is 0 Å². The fourth-order valence-electron chi connectivity index (χ4n) is 3.77. The highest BCUT2D eigenvalue weighted by Crippen LogP contribution is 2.44. The Morgan fingerprint density at radius 3 is 2.65 bits per heavy atom. The average Bonchev–Trinajstić information content (AvgIpc) is 3.43. The second-order valence-electron chi connectivity index (χ2n) is 6.82. The van der Waals surface area contributed by atoms with Gasteiger partial charge in [0.2, 0.25) is 0 Å². The molecule has 7 nitrogen and oxygen atoms in total. The third-order valence-corrected chi connectivity index (χ3v) is 5.06. The third-order valence-electron chi connectivity index (χ3n) is 5.06. The van der Waals surface area contributed by atoms with E-state index < -0.39 is 17.5 Å². The summed E-state index contributed by atoms with van der Waals surface area (Å²) in [6.45, 7) is 4.75. The van der Waals surface area contributed by atoms with Crippen molar-refractivity contribution in [1.82, 2.24) is 9.72 Å². The van der Waals surface area contributed by atoms with Crippen molar-refractivity contribution in [3.05, 3.63) is 39.6 Å². The number of hydrogen-bond acceptors (Lipinski definition) is 5. The van der Waals surface area contributed by atoms with E-state index in [1.54, 1.807) is 0 Å². The second kappa shape index (κ2) is 6.28. The number of carbonyl (C=O) groups is 1. The van der Waals surface area contributed by atoms with Gasteiger partial charge in [0.05, 0.1) is 17.4 Å². The van der Waals surface area contributed by atoms with E-state index in [-0.39, 0.29) is 11.7 Å². The zero-order valence-electron chi connectivity index (χ0n) is 14.4. The lowest BCUT2D eigenvalue weighted by Gasteiger charge is -2.31. The zero-order valence-corrected chi connectivity index (χ0v) is 14.4. The molecule has 0 atom stereocenters. The van der Waals surface area contributed by atoms with Gasteiger partial charge in [-0.25, -0.2) is 9.18 Å². The number of ether oxygens (including phenoxy) is 1. The van der Waals surface area contributed by atoms with Crippen molar-refractivity contribution in [3.63, 3.8) is 0 Å². The van der Waals surface area contributed by atoms with E-state index in [1.165, 1.54) is 10.5 Å². The second-order valence-corrected chi connectivity index (χ2v) is 6.82. The van der Waals surface area contributed by atoms with Crippen molar-refractivity contribution in [2.24, 2.45) is 0 Å². The van der Waals surface area contributed by atoms with Gasteiger partial charge in [-0.1, -0.05) is 0 Å². The molecule has 0 amide bonds. The number of carboxylic acid groups (broad SMARTS) is 1. The summed E-state index contributed by atoms with van der Waals surface area (Å²) in [6, 6.07) is 1.51. The first-order valence-corrected chi connectivity index (χ1v) is 8.72. The highest BCUT2D eigenvalue weighted by molar-refractivity contribution is 5.74. The first-order valence-electron chi connectivity index (χ1n) is 8.72. The standard InChI is InChI=1S/C18H20FN3O4/c1-10-15-12(11-2-3-11)8-14(26-18(24)25)17(23)22(15)9-13(19)16(10)21-6-4-20-5-7-21/h8-9,11,20H,2-7H2,1H3,(H,24,25). The van der Waals surface area contributed by atoms with Crippen molar-refractivity contribution in [2.75, 3.05) is 31.1 Å². The van der Waals surface area contributed by atoms with Crippen LogP contribution in [0.15, 0.2) is 17.1 Å². The number of anilines is 1. The predicted octanol–water partition coefficient (Wildman–Crippen LogP) is 2.09. The number of nitrogens with one attached hydrogen (secondary N) is 1. The van der Waals surface area contributed by atoms with Gasteiger partial charge in [0.15, 0.2) is 11.6 Å². The molecule has 0 bridgehead atoms. The molecule has 1 saturated carbocycles. The molecule has 0 aromatic carbocycles. The molecule has 2 aromatic heterocycles. The molecule has 3 heterocycles. The largest absolute Gasteiger partial charge is 0.511 e. The van der Waals surface area contributed by atoms with E-state index in [4.69, 9.17) is 5.11 Å². The van der Waals surface area contributed by atoms with Crippen LogP contribution in [0, 0.1) is 12.7 Å². The molecule has 0 radical (unpaired) electrons. The highest BCUT2D eigenvalue weighted by Gasteiger charge is 2.30. The summed E-state index contributed by atoms with van der Waals surface area (Å²) >= 11 is 0. The van der Waals surface area contributed by atoms with Crippen LogP contribution in [0.25, 0.3) is 5.52 Å². The summed E-state index contributed by atoms with van der Waals surface area (Å²) in [5.41, 5.74) is 2.05. The van der Waals surface area contributed by atoms with E-state index in [1.807, 2.05) is 11.8 Å². The Kier molecular flexibility index (Phi) is 4.07. The van der Waals surface area contributed by atoms with Gasteiger partial charge < -0.3 is 20.1 Å². The van der Waals surface area contributed by atoms with Crippen LogP contribution in [0.2, 0.25) is 0 Å². The van der Waals surface area contributed by atoms with Crippen LogP contribution in [0.1, 0.15) is 29.9 Å². The van der Waals surface area contributed by atoms with Crippen LogP contribution < -0.4 is 20.5 Å². The molecule has 8 heteroatoms. The number of aromatic nitrogens is 1. The summed E-state index contributed by atoms with van der Waals surface area (Å²) in [4.78, 5) is 25.5. The molecule has 138 valence electrons. The van der Waals surface area contributed by atoms with Gasteiger partial charge >= 0.3 is 6.16 Å². The van der Waals surface area contributed by atoms with Crippen LogP contribution >= 0.6 is 0 Å². The molecule has 0 unspecified atom stereocenters. The maximum atomic E-state index is 14.9. The van der Waals surface area contributed by atoms with Crippen molar-refractivity contribution >= 4 is 17.4 Å². The van der Waals surface area contributed by atoms with Crippen molar-refractivity contribution in [2.45, 2.75) is 25.7 Å². The molecule has 2 aromatic rings. The number of hydrogen-bond donors (Lipinski definition) is 2. The van der Waals surface area contributed by atoms with Crippen LogP contribution in [0.5, 0.6) is 5.75 Å². The molecule has 2 N–H and O–H groups in total. The Morgan fingerprint density at radius 2 is 2.04 bits per heavy atom. The molecule has 1 saturated heterocycles. The smallest absolute Gasteiger partial charge is 0.449 e. The van der Waals surface area contributed by atoms with Gasteiger partial charge in [0.1, 0.15) is 0 Å². The third kappa shape index (κ3) is 2.80. The normalized spacial score (nSPS) is 17.5. The topological polar surface area (TPSA) is 83.3 Å². The fraction of sp³-hybridized carbons (Fsp3) is 0.444. The van der Waals surface area contributed by atoms with Crippen molar-refractivity contribution in [1.29, 1.82) is 0 Å². The Bertz CT molecular complexity index is 946. The first kappa shape index (κ1) is 16.8. The van der Waals surface area contributed by atoms with E-state index in [9.17, 15) is 14.0 Å². The van der Waals surface area contributed by atoms with Gasteiger partial charge in [0.25, 0.3) is 5.56 Å². The molecule has 2 aliphatic rings. The van der Waals surface area contributed by atoms with E-state index >= 15 is 0 Å². The Labute approximate surface area is 149 Å². The lowest BCUT2D eigenvalue weighted by atomic mass is 10.0. The lowest BCUT2D eigenvalue weighted by Crippen LogP contribution is -2.44. The summed E-state index contributed by atoms with van der Waals surface area (Å²) in [5, 5.41) is 12.1. The van der Waals surface area contributed by atoms with E-state index in [2.05, 4.69) is 10.1 Å². The molecule has 1 aliphatic carbocycles. The maximum Gasteiger partial charge on any atom is 0.511 e. The van der Waals surface area contributed by atoms with Gasteiger partial charge in [-0.15, -0.1) is 0 Å². The molecule has 0 spiro atoms. The van der Waals surface area contributed by atoms with Crippen molar-refractivity contribution in [3.8, 4) is 5.75 Å². The van der Waals surface area contributed by atoms with Crippen molar-refractivity contribution < 1.29 is 19.0 Å². The summed E-state index contributed by atoms with van der Waals surface area (Å²) in [7, 11) is 0. The van der Waals surface area contributed by atoms with Crippen LogP contribution in [-0.2, 0) is 0 Å². The van der Waals surface area contributed by atoms with Gasteiger partial charge in [-0.05, 0) is 42.9 Å². The molecular formula is C18H20FN3O4. The monoisotopic (exact) mass is 361 g/mol. The van der Waals surface area contributed by atoms with Crippen LogP contribution in [0.4, 0.5) is 14.9 Å². The number of nitrogens with zero attached hydrogens (tertiary/aromatic N) is 2. The zero-order chi connectivity index (χ0) is 18.4. The molecular weight excluding hydrogens is 341 g/mol. The number of aryl methyl sites for hydroxylation is 1. The Balaban J connectivity index is 1.97. The molecule has 1 aliphatic heterocycles. The van der Waals surface area contributed by atoms with Gasteiger partial charge in [0, 0.05) is 26.2 Å². The fourth-order valence-corrected chi connectivity index (χ4v) is 3.77.